The third kappa shape index (κ3) is 5.64. The van der Waals surface area contributed by atoms with Gasteiger partial charge in [0.25, 0.3) is 0 Å². The first-order chi connectivity index (χ1) is 8.94. The smallest absolute Gasteiger partial charge is 0.0727 e. The Kier molecular flexibility index (Phi) is 5.04. The Bertz CT molecular complexity index is 401. The molecule has 1 aromatic heterocycles. The van der Waals surface area contributed by atoms with E-state index in [1.54, 1.807) is 0 Å². The van der Waals surface area contributed by atoms with Crippen LogP contribution in [0.5, 0.6) is 0 Å². The van der Waals surface area contributed by atoms with Crippen LogP contribution >= 0.6 is 11.3 Å². The van der Waals surface area contributed by atoms with Gasteiger partial charge in [-0.15, -0.1) is 11.3 Å². The van der Waals surface area contributed by atoms with Crippen molar-refractivity contribution in [2.24, 2.45) is 5.92 Å². The van der Waals surface area contributed by atoms with Gasteiger partial charge in [0.05, 0.1) is 6.61 Å². The van der Waals surface area contributed by atoms with Crippen LogP contribution in [0.2, 0.25) is 0 Å². The average Bonchev–Trinajstić information content (AvgIpc) is 3.06. The maximum Gasteiger partial charge on any atom is 0.0727 e. The summed E-state index contributed by atoms with van der Waals surface area (Å²) in [5, 5.41) is 3.54. The van der Waals surface area contributed by atoms with Gasteiger partial charge in [-0.2, -0.15) is 0 Å². The van der Waals surface area contributed by atoms with E-state index in [1.807, 2.05) is 11.3 Å². The van der Waals surface area contributed by atoms with Crippen molar-refractivity contribution in [2.75, 3.05) is 6.61 Å². The highest BCUT2D eigenvalue weighted by Gasteiger charge is 2.20. The summed E-state index contributed by atoms with van der Waals surface area (Å²) in [5.74, 6) is 0.968. The molecule has 1 fully saturated rings. The van der Waals surface area contributed by atoms with E-state index in [0.717, 1.165) is 25.7 Å². The molecule has 1 heterocycles. The van der Waals surface area contributed by atoms with E-state index in [0.29, 0.717) is 0 Å². The topological polar surface area (TPSA) is 21.3 Å². The molecule has 0 unspecified atom stereocenters. The van der Waals surface area contributed by atoms with Crippen LogP contribution in [0.25, 0.3) is 0 Å². The number of aryl methyl sites for hydroxylation is 1. The first-order valence-electron chi connectivity index (χ1n) is 7.35. The van der Waals surface area contributed by atoms with E-state index in [9.17, 15) is 0 Å². The van der Waals surface area contributed by atoms with E-state index in [-0.39, 0.29) is 5.54 Å². The van der Waals surface area contributed by atoms with Crippen LogP contribution in [0.4, 0.5) is 0 Å². The summed E-state index contributed by atoms with van der Waals surface area (Å²) in [6.45, 7) is 11.5. The zero-order valence-electron chi connectivity index (χ0n) is 12.7. The normalized spacial score (nSPS) is 16.0. The third-order valence-corrected chi connectivity index (χ3v) is 4.58. The van der Waals surface area contributed by atoms with Gasteiger partial charge in [0.1, 0.15) is 0 Å². The summed E-state index contributed by atoms with van der Waals surface area (Å²) in [4.78, 5) is 2.81. The molecule has 0 spiro atoms. The van der Waals surface area contributed by atoms with Gasteiger partial charge in [0.15, 0.2) is 0 Å². The highest BCUT2D eigenvalue weighted by atomic mass is 32.1. The Morgan fingerprint density at radius 1 is 1.37 bits per heavy atom. The van der Waals surface area contributed by atoms with E-state index in [1.165, 1.54) is 34.6 Å². The van der Waals surface area contributed by atoms with Crippen LogP contribution in [0.1, 0.15) is 55.4 Å². The van der Waals surface area contributed by atoms with Gasteiger partial charge in [-0.1, -0.05) is 12.8 Å². The molecular formula is C16H27NOS. The highest BCUT2D eigenvalue weighted by Crippen LogP contribution is 2.32. The summed E-state index contributed by atoms with van der Waals surface area (Å²) < 4.78 is 5.80. The van der Waals surface area contributed by atoms with Crippen LogP contribution in [-0.4, -0.2) is 12.1 Å². The Hall–Kier alpha value is -0.380. The molecule has 0 amide bonds. The zero-order chi connectivity index (χ0) is 13.9. The first kappa shape index (κ1) is 15.0. The first-order valence-corrected chi connectivity index (χ1v) is 8.16. The molecular weight excluding hydrogens is 254 g/mol. The fourth-order valence-electron chi connectivity index (χ4n) is 2.01. The second kappa shape index (κ2) is 6.38. The predicted octanol–water partition coefficient (Wildman–Crippen LogP) is 4.26. The Morgan fingerprint density at radius 2 is 2.11 bits per heavy atom. The maximum atomic E-state index is 5.80. The Morgan fingerprint density at radius 3 is 2.74 bits per heavy atom. The number of rotatable bonds is 7. The lowest BCUT2D eigenvalue weighted by atomic mass is 10.1. The minimum atomic E-state index is 0.179. The molecule has 0 atom stereocenters. The van der Waals surface area contributed by atoms with Gasteiger partial charge < -0.3 is 10.1 Å². The lowest BCUT2D eigenvalue weighted by Gasteiger charge is -2.19. The minimum absolute atomic E-state index is 0.179. The van der Waals surface area contributed by atoms with Crippen molar-refractivity contribution >= 4 is 11.3 Å². The van der Waals surface area contributed by atoms with Crippen LogP contribution in [0.3, 0.4) is 0 Å². The summed E-state index contributed by atoms with van der Waals surface area (Å²) >= 11 is 1.89. The number of nitrogens with one attached hydrogen (secondary N) is 1. The second-order valence-corrected chi connectivity index (χ2v) is 8.02. The second-order valence-electron chi connectivity index (χ2n) is 6.68. The largest absolute Gasteiger partial charge is 0.377 e. The molecule has 2 nitrogen and oxygen atoms in total. The molecule has 1 aliphatic carbocycles. The Labute approximate surface area is 121 Å². The van der Waals surface area contributed by atoms with Crippen LogP contribution in [0.15, 0.2) is 6.07 Å². The number of thiophene rings is 1. The highest BCUT2D eigenvalue weighted by molar-refractivity contribution is 7.12. The average molecular weight is 281 g/mol. The summed E-state index contributed by atoms with van der Waals surface area (Å²) in [6, 6.07) is 2.30. The van der Waals surface area contributed by atoms with Crippen LogP contribution in [0, 0.1) is 12.8 Å². The molecule has 0 aromatic carbocycles. The number of hydrogen-bond acceptors (Lipinski definition) is 3. The van der Waals surface area contributed by atoms with Crippen molar-refractivity contribution in [3.63, 3.8) is 0 Å². The third-order valence-electron chi connectivity index (χ3n) is 3.49. The van der Waals surface area contributed by atoms with E-state index < -0.39 is 0 Å². The van der Waals surface area contributed by atoms with Crippen molar-refractivity contribution in [2.45, 2.75) is 65.6 Å². The van der Waals surface area contributed by atoms with Gasteiger partial charge in [-0.3, -0.25) is 0 Å². The molecule has 0 aliphatic heterocycles. The SMILES string of the molecule is Cc1sc(CNC(C)(C)C)cc1COCCC1CC1. The van der Waals surface area contributed by atoms with Gasteiger partial charge in [-0.25, -0.2) is 0 Å². The monoisotopic (exact) mass is 281 g/mol. The van der Waals surface area contributed by atoms with Crippen molar-refractivity contribution in [3.8, 4) is 0 Å². The van der Waals surface area contributed by atoms with E-state index >= 15 is 0 Å². The Balaban J connectivity index is 1.75. The van der Waals surface area contributed by atoms with Crippen LogP contribution in [-0.2, 0) is 17.9 Å². The van der Waals surface area contributed by atoms with E-state index in [2.05, 4.69) is 39.1 Å². The summed E-state index contributed by atoms with van der Waals surface area (Å²) in [7, 11) is 0. The molecule has 3 heteroatoms. The molecule has 0 radical (unpaired) electrons. The van der Waals surface area contributed by atoms with Gasteiger partial charge in [0.2, 0.25) is 0 Å². The van der Waals surface area contributed by atoms with Gasteiger partial charge in [-0.05, 0) is 51.7 Å². The summed E-state index contributed by atoms with van der Waals surface area (Å²) in [5.41, 5.74) is 1.55. The quantitative estimate of drug-likeness (QED) is 0.754. The molecule has 2 rings (SSSR count). The molecule has 0 bridgehead atoms. The lowest BCUT2D eigenvalue weighted by molar-refractivity contribution is 0.115. The van der Waals surface area contributed by atoms with Gasteiger partial charge >= 0.3 is 0 Å². The van der Waals surface area contributed by atoms with Crippen LogP contribution < -0.4 is 5.32 Å². The molecule has 108 valence electrons. The van der Waals surface area contributed by atoms with Crippen molar-refractivity contribution < 1.29 is 4.74 Å². The van der Waals surface area contributed by atoms with Crippen molar-refractivity contribution in [1.82, 2.24) is 5.32 Å². The summed E-state index contributed by atoms with van der Waals surface area (Å²) in [6.07, 6.45) is 4.09. The lowest BCUT2D eigenvalue weighted by Crippen LogP contribution is -2.34. The molecule has 1 aromatic rings. The molecule has 1 N–H and O–H groups in total. The maximum absolute atomic E-state index is 5.80. The predicted molar refractivity (Wildman–Crippen MR) is 82.6 cm³/mol. The van der Waals surface area contributed by atoms with Crippen molar-refractivity contribution in [3.05, 3.63) is 21.4 Å². The molecule has 1 saturated carbocycles. The molecule has 1 aliphatic rings. The van der Waals surface area contributed by atoms with E-state index in [4.69, 9.17) is 4.74 Å². The van der Waals surface area contributed by atoms with Crippen molar-refractivity contribution in [1.29, 1.82) is 0 Å². The standard InChI is InChI=1S/C16H27NOS/c1-12-14(11-18-8-7-13-5-6-13)9-15(19-12)10-17-16(2,3)4/h9,13,17H,5-8,10-11H2,1-4H3. The number of hydrogen-bond donors (Lipinski definition) is 1. The minimum Gasteiger partial charge on any atom is -0.377 e. The van der Waals surface area contributed by atoms with Gasteiger partial charge in [0, 0.05) is 28.4 Å². The molecule has 0 saturated heterocycles. The fraction of sp³-hybridized carbons (Fsp3) is 0.750. The zero-order valence-corrected chi connectivity index (χ0v) is 13.5. The number of ether oxygens (including phenoxy) is 1. The fourth-order valence-corrected chi connectivity index (χ4v) is 3.00. The molecule has 19 heavy (non-hydrogen) atoms.